The number of H-pyrrole nitrogens is 1. The van der Waals surface area contributed by atoms with Gasteiger partial charge in [-0.1, -0.05) is 6.07 Å². The van der Waals surface area contributed by atoms with Crippen LogP contribution in [0.1, 0.15) is 6.42 Å². The molecule has 0 saturated carbocycles. The van der Waals surface area contributed by atoms with E-state index in [1.807, 2.05) is 0 Å². The molecule has 3 heterocycles. The largest absolute Gasteiger partial charge is 0.368 e. The van der Waals surface area contributed by atoms with Crippen LogP contribution in [0.5, 0.6) is 0 Å². The number of piperazine rings is 1. The van der Waals surface area contributed by atoms with Gasteiger partial charge in [0.1, 0.15) is 11.6 Å². The third-order valence-corrected chi connectivity index (χ3v) is 6.03. The zero-order valence-electron chi connectivity index (χ0n) is 16.7. The highest BCUT2D eigenvalue weighted by atomic mass is 19.1. The van der Waals surface area contributed by atoms with Gasteiger partial charge in [0.15, 0.2) is 5.82 Å². The summed E-state index contributed by atoms with van der Waals surface area (Å²) in [6, 6.07) is 10.9. The fourth-order valence-corrected chi connectivity index (χ4v) is 4.38. The van der Waals surface area contributed by atoms with E-state index < -0.39 is 11.7 Å². The molecule has 160 valence electrons. The molecule has 0 aliphatic carbocycles. The molecule has 2 aliphatic heterocycles. The number of amides is 2. The van der Waals surface area contributed by atoms with Crippen molar-refractivity contribution >= 4 is 34.2 Å². The van der Waals surface area contributed by atoms with Gasteiger partial charge in [0.05, 0.1) is 16.8 Å². The Labute approximate surface area is 177 Å². The molecule has 31 heavy (non-hydrogen) atoms. The number of nitrogens with one attached hydrogen (secondary N) is 1. The maximum atomic E-state index is 14.3. The van der Waals surface area contributed by atoms with Crippen LogP contribution in [0.25, 0.3) is 10.9 Å². The second-order valence-electron chi connectivity index (χ2n) is 7.90. The predicted octanol–water partition coefficient (Wildman–Crippen LogP) is 2.54. The molecule has 2 fully saturated rings. The second-order valence-corrected chi connectivity index (χ2v) is 7.90. The molecule has 5 rings (SSSR count). The minimum absolute atomic E-state index is 0.0741. The minimum Gasteiger partial charge on any atom is -0.368 e. The van der Waals surface area contributed by atoms with Crippen LogP contribution in [0.3, 0.4) is 0 Å². The first kappa shape index (κ1) is 19.5. The number of benzene rings is 2. The number of halogens is 2. The van der Waals surface area contributed by atoms with Crippen molar-refractivity contribution in [3.05, 3.63) is 54.1 Å². The van der Waals surface area contributed by atoms with E-state index in [9.17, 15) is 18.4 Å². The number of hydrogen-bond donors (Lipinski definition) is 1. The van der Waals surface area contributed by atoms with Crippen molar-refractivity contribution in [2.24, 2.45) is 5.92 Å². The van der Waals surface area contributed by atoms with Crippen molar-refractivity contribution in [1.29, 1.82) is 0 Å². The van der Waals surface area contributed by atoms with E-state index in [-0.39, 0.29) is 41.8 Å². The first-order valence-corrected chi connectivity index (χ1v) is 10.2. The van der Waals surface area contributed by atoms with E-state index in [0.29, 0.717) is 31.7 Å². The maximum absolute atomic E-state index is 14.3. The van der Waals surface area contributed by atoms with Crippen LogP contribution in [0.2, 0.25) is 0 Å². The SMILES string of the molecule is O=C([C@H]1CC(=O)N(c2n[nH]c3cccc(F)c23)C1)N1CCN(c2ccc(F)cc2)CC1. The van der Waals surface area contributed by atoms with Crippen LogP contribution in [0, 0.1) is 17.6 Å². The van der Waals surface area contributed by atoms with Gasteiger partial charge < -0.3 is 9.80 Å². The average molecular weight is 425 g/mol. The van der Waals surface area contributed by atoms with Crippen molar-refractivity contribution in [2.45, 2.75) is 6.42 Å². The van der Waals surface area contributed by atoms with Gasteiger partial charge in [0.25, 0.3) is 0 Å². The lowest BCUT2D eigenvalue weighted by molar-refractivity contribution is -0.136. The Bertz CT molecular complexity index is 1140. The fraction of sp³-hybridized carbons (Fsp3) is 0.318. The molecule has 2 saturated heterocycles. The van der Waals surface area contributed by atoms with Crippen LogP contribution >= 0.6 is 0 Å². The summed E-state index contributed by atoms with van der Waals surface area (Å²) in [5.74, 6) is -1.30. The summed E-state index contributed by atoms with van der Waals surface area (Å²) in [7, 11) is 0. The van der Waals surface area contributed by atoms with E-state index in [2.05, 4.69) is 15.1 Å². The van der Waals surface area contributed by atoms with Gasteiger partial charge in [-0.2, -0.15) is 5.10 Å². The molecule has 1 aromatic heterocycles. The van der Waals surface area contributed by atoms with Crippen LogP contribution in [-0.4, -0.2) is 59.6 Å². The number of rotatable bonds is 3. The van der Waals surface area contributed by atoms with Crippen LogP contribution in [0.4, 0.5) is 20.3 Å². The minimum atomic E-state index is -0.483. The summed E-state index contributed by atoms with van der Waals surface area (Å²) in [4.78, 5) is 31.0. The smallest absolute Gasteiger partial charge is 0.229 e. The summed E-state index contributed by atoms with van der Waals surface area (Å²) >= 11 is 0. The molecule has 2 amide bonds. The lowest BCUT2D eigenvalue weighted by Gasteiger charge is -2.37. The molecular formula is C22H21F2N5O2. The van der Waals surface area contributed by atoms with E-state index in [4.69, 9.17) is 0 Å². The van der Waals surface area contributed by atoms with Gasteiger partial charge in [0, 0.05) is 44.8 Å². The summed E-state index contributed by atoms with van der Waals surface area (Å²) in [6.45, 7) is 2.51. The van der Waals surface area contributed by atoms with Gasteiger partial charge in [-0.3, -0.25) is 19.6 Å². The monoisotopic (exact) mass is 425 g/mol. The fourth-order valence-electron chi connectivity index (χ4n) is 4.38. The summed E-state index contributed by atoms with van der Waals surface area (Å²) < 4.78 is 27.4. The zero-order chi connectivity index (χ0) is 21.5. The molecule has 2 aromatic carbocycles. The number of carbonyl (C=O) groups is 2. The predicted molar refractivity (Wildman–Crippen MR) is 112 cm³/mol. The number of aromatic nitrogens is 2. The molecule has 7 nitrogen and oxygen atoms in total. The zero-order valence-corrected chi connectivity index (χ0v) is 16.7. The van der Waals surface area contributed by atoms with Gasteiger partial charge in [-0.15, -0.1) is 0 Å². The Kier molecular flexibility index (Phi) is 4.80. The summed E-state index contributed by atoms with van der Waals surface area (Å²) in [5.41, 5.74) is 1.43. The Morgan fingerprint density at radius 1 is 1.03 bits per heavy atom. The number of nitrogens with zero attached hydrogens (tertiary/aromatic N) is 4. The molecule has 2 aliphatic rings. The molecule has 1 N–H and O–H groups in total. The number of aromatic amines is 1. The highest BCUT2D eigenvalue weighted by Gasteiger charge is 2.39. The highest BCUT2D eigenvalue weighted by Crippen LogP contribution is 2.32. The number of carbonyl (C=O) groups excluding carboxylic acids is 2. The van der Waals surface area contributed by atoms with Gasteiger partial charge in [0.2, 0.25) is 11.8 Å². The van der Waals surface area contributed by atoms with E-state index in [1.165, 1.54) is 23.1 Å². The molecule has 0 radical (unpaired) electrons. The molecule has 1 atom stereocenters. The van der Waals surface area contributed by atoms with Crippen LogP contribution < -0.4 is 9.80 Å². The van der Waals surface area contributed by atoms with Crippen molar-refractivity contribution in [3.8, 4) is 0 Å². The molecule has 0 spiro atoms. The maximum Gasteiger partial charge on any atom is 0.229 e. The summed E-state index contributed by atoms with van der Waals surface area (Å²) in [5, 5.41) is 7.14. The lowest BCUT2D eigenvalue weighted by atomic mass is 10.1. The number of anilines is 2. The van der Waals surface area contributed by atoms with Crippen LogP contribution in [0.15, 0.2) is 42.5 Å². The van der Waals surface area contributed by atoms with Crippen LogP contribution in [-0.2, 0) is 9.59 Å². The third kappa shape index (κ3) is 3.49. The summed E-state index contributed by atoms with van der Waals surface area (Å²) in [6.07, 6.45) is 0.0832. The molecule has 0 unspecified atom stereocenters. The Hall–Kier alpha value is -3.49. The quantitative estimate of drug-likeness (QED) is 0.700. The van der Waals surface area contributed by atoms with E-state index in [1.54, 1.807) is 29.2 Å². The van der Waals surface area contributed by atoms with Gasteiger partial charge in [-0.05, 0) is 36.4 Å². The van der Waals surface area contributed by atoms with Gasteiger partial charge in [-0.25, -0.2) is 8.78 Å². The van der Waals surface area contributed by atoms with E-state index >= 15 is 0 Å². The normalized spacial score (nSPS) is 19.5. The number of fused-ring (bicyclic) bond motifs is 1. The van der Waals surface area contributed by atoms with Crippen molar-refractivity contribution in [2.75, 3.05) is 42.5 Å². The van der Waals surface area contributed by atoms with E-state index in [0.717, 1.165) is 5.69 Å². The van der Waals surface area contributed by atoms with Crippen molar-refractivity contribution in [3.63, 3.8) is 0 Å². The Morgan fingerprint density at radius 2 is 1.77 bits per heavy atom. The Morgan fingerprint density at radius 3 is 2.52 bits per heavy atom. The lowest BCUT2D eigenvalue weighted by Crippen LogP contribution is -2.50. The van der Waals surface area contributed by atoms with Crippen molar-refractivity contribution < 1.29 is 18.4 Å². The standard InChI is InChI=1S/C22H21F2N5O2/c23-15-4-6-16(7-5-15)27-8-10-28(11-9-27)22(31)14-12-19(30)29(13-14)21-20-17(24)2-1-3-18(20)25-26-21/h1-7,14H,8-13H2,(H,25,26)/t14-/m0/s1. The Balaban J connectivity index is 1.26. The molecule has 0 bridgehead atoms. The highest BCUT2D eigenvalue weighted by molar-refractivity contribution is 6.05. The molecule has 3 aromatic rings. The van der Waals surface area contributed by atoms with Crippen molar-refractivity contribution in [1.82, 2.24) is 15.1 Å². The first-order valence-electron chi connectivity index (χ1n) is 10.2. The molecular weight excluding hydrogens is 404 g/mol. The average Bonchev–Trinajstić information content (AvgIpc) is 3.38. The topological polar surface area (TPSA) is 72.5 Å². The first-order chi connectivity index (χ1) is 15.0. The molecule has 9 heteroatoms. The second kappa shape index (κ2) is 7.64. The van der Waals surface area contributed by atoms with Gasteiger partial charge >= 0.3 is 0 Å². The third-order valence-electron chi connectivity index (χ3n) is 6.03. The number of hydrogen-bond acceptors (Lipinski definition) is 4.